The number of nitrogens with zero attached hydrogens (tertiary/aromatic N) is 1. The van der Waals surface area contributed by atoms with Crippen LogP contribution in [0.25, 0.3) is 0 Å². The molecule has 2 N–H and O–H groups in total. The summed E-state index contributed by atoms with van der Waals surface area (Å²) in [7, 11) is 3.49. The van der Waals surface area contributed by atoms with E-state index >= 15 is 0 Å². The molecule has 1 atom stereocenters. The number of hydrogen-bond donors (Lipinski definition) is 1. The molecule has 0 aromatic heterocycles. The van der Waals surface area contributed by atoms with Crippen LogP contribution in [-0.4, -0.2) is 37.6 Å². The van der Waals surface area contributed by atoms with Gasteiger partial charge in [0.25, 0.3) is 0 Å². The number of nitrogens with two attached hydrogens (primary N) is 1. The Balaban J connectivity index is 2.52. The van der Waals surface area contributed by atoms with E-state index in [0.717, 1.165) is 17.7 Å². The summed E-state index contributed by atoms with van der Waals surface area (Å²) in [6.45, 7) is 4.57. The maximum Gasteiger partial charge on any atom is 0.223 e. The van der Waals surface area contributed by atoms with Crippen LogP contribution in [0.15, 0.2) is 18.2 Å². The van der Waals surface area contributed by atoms with E-state index < -0.39 is 0 Å². The molecule has 0 aliphatic rings. The Kier molecular flexibility index (Phi) is 5.83. The molecule has 1 amide bonds. The molecule has 4 nitrogen and oxygen atoms in total. The molecule has 106 valence electrons. The molecule has 0 spiro atoms. The molecule has 0 radical (unpaired) electrons. The van der Waals surface area contributed by atoms with Gasteiger partial charge in [-0.3, -0.25) is 4.79 Å². The molecule has 0 heterocycles. The highest BCUT2D eigenvalue weighted by Gasteiger charge is 2.10. The summed E-state index contributed by atoms with van der Waals surface area (Å²) >= 11 is 0. The second-order valence-electron chi connectivity index (χ2n) is 5.05. The van der Waals surface area contributed by atoms with Crippen molar-refractivity contribution in [3.63, 3.8) is 0 Å². The molecule has 0 saturated heterocycles. The van der Waals surface area contributed by atoms with Crippen LogP contribution < -0.4 is 10.5 Å². The van der Waals surface area contributed by atoms with Gasteiger partial charge in [0.1, 0.15) is 5.75 Å². The lowest BCUT2D eigenvalue weighted by atomic mass is 10.1. The van der Waals surface area contributed by atoms with E-state index in [4.69, 9.17) is 10.5 Å². The lowest BCUT2D eigenvalue weighted by Crippen LogP contribution is -2.33. The number of carbonyl (C=O) groups is 1. The first kappa shape index (κ1) is 15.5. The molecular formula is C15H24N2O2. The van der Waals surface area contributed by atoms with Crippen molar-refractivity contribution < 1.29 is 9.53 Å². The minimum Gasteiger partial charge on any atom is -0.496 e. The zero-order valence-electron chi connectivity index (χ0n) is 12.3. The first-order valence-electron chi connectivity index (χ1n) is 6.57. The summed E-state index contributed by atoms with van der Waals surface area (Å²) in [6, 6.07) is 6.02. The summed E-state index contributed by atoms with van der Waals surface area (Å²) in [6.07, 6.45) is 1.24. The van der Waals surface area contributed by atoms with Crippen LogP contribution in [0.1, 0.15) is 24.5 Å². The van der Waals surface area contributed by atoms with Crippen molar-refractivity contribution in [1.82, 2.24) is 4.90 Å². The van der Waals surface area contributed by atoms with Crippen LogP contribution >= 0.6 is 0 Å². The first-order valence-corrected chi connectivity index (χ1v) is 6.57. The number of rotatable bonds is 6. The minimum absolute atomic E-state index is 0.0850. The third kappa shape index (κ3) is 4.91. The van der Waals surface area contributed by atoms with Crippen LogP contribution in [0.2, 0.25) is 0 Å². The van der Waals surface area contributed by atoms with Gasteiger partial charge in [-0.1, -0.05) is 12.1 Å². The van der Waals surface area contributed by atoms with E-state index in [9.17, 15) is 4.79 Å². The fourth-order valence-corrected chi connectivity index (χ4v) is 1.95. The van der Waals surface area contributed by atoms with Gasteiger partial charge in [-0.05, 0) is 37.5 Å². The number of hydrogen-bond acceptors (Lipinski definition) is 3. The summed E-state index contributed by atoms with van der Waals surface area (Å²) in [5, 5.41) is 0. The quantitative estimate of drug-likeness (QED) is 0.851. The Morgan fingerprint density at radius 1 is 1.47 bits per heavy atom. The molecule has 0 fully saturated rings. The summed E-state index contributed by atoms with van der Waals surface area (Å²) in [5.74, 6) is 0.991. The average molecular weight is 264 g/mol. The number of carbonyl (C=O) groups excluding carboxylic acids is 1. The first-order chi connectivity index (χ1) is 8.93. The van der Waals surface area contributed by atoms with Crippen LogP contribution in [0.3, 0.4) is 0 Å². The molecular weight excluding hydrogens is 240 g/mol. The summed E-state index contributed by atoms with van der Waals surface area (Å²) < 4.78 is 5.23. The number of ether oxygens (including phenoxy) is 1. The summed E-state index contributed by atoms with van der Waals surface area (Å²) in [5.41, 5.74) is 7.95. The van der Waals surface area contributed by atoms with Gasteiger partial charge >= 0.3 is 0 Å². The Bertz CT molecular complexity index is 430. The van der Waals surface area contributed by atoms with E-state index in [1.807, 2.05) is 33.0 Å². The van der Waals surface area contributed by atoms with Gasteiger partial charge in [-0.25, -0.2) is 0 Å². The fraction of sp³-hybridized carbons (Fsp3) is 0.533. The lowest BCUT2D eigenvalue weighted by Gasteiger charge is -2.18. The van der Waals surface area contributed by atoms with Gasteiger partial charge in [0, 0.05) is 26.1 Å². The third-order valence-corrected chi connectivity index (χ3v) is 3.12. The normalized spacial score (nSPS) is 12.1. The van der Waals surface area contributed by atoms with Crippen LogP contribution in [0.5, 0.6) is 5.75 Å². The number of likely N-dealkylation sites (N-methyl/N-ethyl adjacent to an activating group) is 1. The minimum atomic E-state index is -0.0850. The van der Waals surface area contributed by atoms with Crippen molar-refractivity contribution in [2.24, 2.45) is 5.73 Å². The number of amides is 1. The maximum absolute atomic E-state index is 11.8. The van der Waals surface area contributed by atoms with Gasteiger partial charge in [-0.2, -0.15) is 0 Å². The molecule has 1 aromatic carbocycles. The van der Waals surface area contributed by atoms with E-state index in [-0.39, 0.29) is 11.9 Å². The zero-order chi connectivity index (χ0) is 14.4. The Labute approximate surface area is 115 Å². The van der Waals surface area contributed by atoms with Gasteiger partial charge in [0.2, 0.25) is 5.91 Å². The Morgan fingerprint density at radius 2 is 2.16 bits per heavy atom. The molecule has 0 aliphatic carbocycles. The topological polar surface area (TPSA) is 55.6 Å². The van der Waals surface area contributed by atoms with Crippen molar-refractivity contribution in [2.45, 2.75) is 32.7 Å². The number of benzene rings is 1. The Hall–Kier alpha value is -1.55. The summed E-state index contributed by atoms with van der Waals surface area (Å²) in [4.78, 5) is 13.5. The smallest absolute Gasteiger partial charge is 0.223 e. The van der Waals surface area contributed by atoms with Crippen molar-refractivity contribution in [2.75, 3.05) is 20.7 Å². The lowest BCUT2D eigenvalue weighted by molar-refractivity contribution is -0.130. The SMILES string of the molecule is COc1ccc(CCN(C)C(=O)CC(C)N)cc1C. The van der Waals surface area contributed by atoms with Gasteiger partial charge in [0.15, 0.2) is 0 Å². The van der Waals surface area contributed by atoms with Crippen molar-refractivity contribution in [3.05, 3.63) is 29.3 Å². The van der Waals surface area contributed by atoms with E-state index in [0.29, 0.717) is 13.0 Å². The monoisotopic (exact) mass is 264 g/mol. The molecule has 19 heavy (non-hydrogen) atoms. The second kappa shape index (κ2) is 7.14. The van der Waals surface area contributed by atoms with Gasteiger partial charge < -0.3 is 15.4 Å². The van der Waals surface area contributed by atoms with Crippen LogP contribution in [-0.2, 0) is 11.2 Å². The average Bonchev–Trinajstić information content (AvgIpc) is 2.35. The van der Waals surface area contributed by atoms with Crippen molar-refractivity contribution >= 4 is 5.91 Å². The molecule has 0 saturated carbocycles. The molecule has 1 unspecified atom stereocenters. The number of aryl methyl sites for hydroxylation is 1. The standard InChI is InChI=1S/C15H24N2O2/c1-11-9-13(5-6-14(11)19-4)7-8-17(3)15(18)10-12(2)16/h5-6,9,12H,7-8,10,16H2,1-4H3. The number of methoxy groups -OCH3 is 1. The zero-order valence-corrected chi connectivity index (χ0v) is 12.3. The van der Waals surface area contributed by atoms with Gasteiger partial charge in [-0.15, -0.1) is 0 Å². The van der Waals surface area contributed by atoms with Gasteiger partial charge in [0.05, 0.1) is 7.11 Å². The molecule has 4 heteroatoms. The molecule has 1 aromatic rings. The van der Waals surface area contributed by atoms with Crippen molar-refractivity contribution in [1.29, 1.82) is 0 Å². The third-order valence-electron chi connectivity index (χ3n) is 3.12. The highest BCUT2D eigenvalue weighted by Crippen LogP contribution is 2.18. The highest BCUT2D eigenvalue weighted by molar-refractivity contribution is 5.76. The van der Waals surface area contributed by atoms with E-state index in [1.54, 1.807) is 12.0 Å². The highest BCUT2D eigenvalue weighted by atomic mass is 16.5. The predicted molar refractivity (Wildman–Crippen MR) is 77.3 cm³/mol. The maximum atomic E-state index is 11.8. The largest absolute Gasteiger partial charge is 0.496 e. The van der Waals surface area contributed by atoms with E-state index in [2.05, 4.69) is 6.07 Å². The van der Waals surface area contributed by atoms with Crippen molar-refractivity contribution in [3.8, 4) is 5.75 Å². The predicted octanol–water partition coefficient (Wildman–Crippen LogP) is 1.74. The van der Waals surface area contributed by atoms with Crippen LogP contribution in [0, 0.1) is 6.92 Å². The molecule has 1 rings (SSSR count). The van der Waals surface area contributed by atoms with E-state index in [1.165, 1.54) is 5.56 Å². The Morgan fingerprint density at radius 3 is 2.68 bits per heavy atom. The second-order valence-corrected chi connectivity index (χ2v) is 5.05. The molecule has 0 aliphatic heterocycles. The fourth-order valence-electron chi connectivity index (χ4n) is 1.95. The molecule has 0 bridgehead atoms. The van der Waals surface area contributed by atoms with Crippen LogP contribution in [0.4, 0.5) is 0 Å².